The van der Waals surface area contributed by atoms with E-state index in [1.807, 2.05) is 32.0 Å². The summed E-state index contributed by atoms with van der Waals surface area (Å²) < 4.78 is 0. The van der Waals surface area contributed by atoms with Crippen molar-refractivity contribution in [2.75, 3.05) is 18.0 Å². The van der Waals surface area contributed by atoms with E-state index in [-0.39, 0.29) is 6.61 Å². The van der Waals surface area contributed by atoms with Crippen molar-refractivity contribution in [2.45, 2.75) is 26.4 Å². The van der Waals surface area contributed by atoms with Crippen LogP contribution < -0.4 is 4.90 Å². The minimum Gasteiger partial charge on any atom is -0.392 e. The van der Waals surface area contributed by atoms with Crippen LogP contribution in [0.25, 0.3) is 0 Å². The van der Waals surface area contributed by atoms with E-state index in [2.05, 4.69) is 16.0 Å². The molecule has 1 N–H and O–H groups in total. The van der Waals surface area contributed by atoms with Crippen molar-refractivity contribution in [3.05, 3.63) is 56.8 Å². The molecule has 3 nitrogen and oxygen atoms in total. The van der Waals surface area contributed by atoms with E-state index in [0.717, 1.165) is 41.3 Å². The molecule has 1 aliphatic rings. The van der Waals surface area contributed by atoms with Crippen molar-refractivity contribution in [3.63, 3.8) is 0 Å². The third-order valence-electron chi connectivity index (χ3n) is 4.29. The maximum absolute atomic E-state index is 9.37. The topological polar surface area (TPSA) is 36.4 Å². The van der Waals surface area contributed by atoms with Crippen LogP contribution in [0.5, 0.6) is 0 Å². The summed E-state index contributed by atoms with van der Waals surface area (Å²) >= 11 is 12.5. The first kappa shape index (κ1) is 15.6. The fourth-order valence-corrected chi connectivity index (χ4v) is 3.61. The Morgan fingerprint density at radius 2 is 1.86 bits per heavy atom. The molecule has 5 heteroatoms. The van der Waals surface area contributed by atoms with Crippen LogP contribution in [0.15, 0.2) is 24.3 Å². The number of aromatic nitrogens is 1. The van der Waals surface area contributed by atoms with Gasteiger partial charge in [0.2, 0.25) is 0 Å². The summed E-state index contributed by atoms with van der Waals surface area (Å²) in [6, 6.07) is 7.65. The number of pyridine rings is 1. The molecule has 22 heavy (non-hydrogen) atoms. The molecule has 1 aromatic heterocycles. The number of halogens is 2. The molecular weight excluding hydrogens is 319 g/mol. The van der Waals surface area contributed by atoms with E-state index in [9.17, 15) is 5.11 Å². The maximum atomic E-state index is 9.37. The van der Waals surface area contributed by atoms with Gasteiger partial charge < -0.3 is 10.0 Å². The molecule has 1 aromatic carbocycles. The van der Waals surface area contributed by atoms with Crippen LogP contribution in [0.2, 0.25) is 10.0 Å². The summed E-state index contributed by atoms with van der Waals surface area (Å²) in [4.78, 5) is 6.83. The van der Waals surface area contributed by atoms with E-state index >= 15 is 0 Å². The molecule has 0 atom stereocenters. The van der Waals surface area contributed by atoms with Crippen LogP contribution >= 0.6 is 23.2 Å². The minimum atomic E-state index is 0.0387. The Labute approximate surface area is 140 Å². The van der Waals surface area contributed by atoms with Crippen molar-refractivity contribution >= 4 is 28.9 Å². The Kier molecular flexibility index (Phi) is 4.31. The van der Waals surface area contributed by atoms with Crippen molar-refractivity contribution in [3.8, 4) is 0 Å². The zero-order valence-electron chi connectivity index (χ0n) is 12.6. The van der Waals surface area contributed by atoms with Gasteiger partial charge in [-0.3, -0.25) is 4.98 Å². The lowest BCUT2D eigenvalue weighted by molar-refractivity contribution is 0.279. The molecule has 116 valence electrons. The van der Waals surface area contributed by atoms with E-state index in [4.69, 9.17) is 23.2 Å². The van der Waals surface area contributed by atoms with E-state index < -0.39 is 0 Å². The second-order valence-corrected chi connectivity index (χ2v) is 6.57. The highest BCUT2D eigenvalue weighted by Gasteiger charge is 2.32. The first-order chi connectivity index (χ1) is 10.5. The molecule has 2 aromatic rings. The summed E-state index contributed by atoms with van der Waals surface area (Å²) in [5, 5.41) is 10.7. The van der Waals surface area contributed by atoms with Gasteiger partial charge in [-0.2, -0.15) is 0 Å². The number of benzene rings is 1. The molecule has 0 bridgehead atoms. The minimum absolute atomic E-state index is 0.0387. The third-order valence-corrected chi connectivity index (χ3v) is 4.90. The van der Waals surface area contributed by atoms with Gasteiger partial charge in [-0.25, -0.2) is 0 Å². The average Bonchev–Trinajstić information content (AvgIpc) is 2.40. The fraction of sp³-hybridized carbons (Fsp3) is 0.353. The number of para-hydroxylation sites is 1. The van der Waals surface area contributed by atoms with Crippen LogP contribution in [-0.2, 0) is 6.61 Å². The van der Waals surface area contributed by atoms with Gasteiger partial charge in [0.05, 0.1) is 22.3 Å². The zero-order valence-corrected chi connectivity index (χ0v) is 14.1. The molecule has 3 rings (SSSR count). The number of aliphatic hydroxyl groups is 1. The van der Waals surface area contributed by atoms with E-state index in [1.165, 1.54) is 0 Å². The van der Waals surface area contributed by atoms with Crippen LogP contribution in [0, 0.1) is 13.8 Å². The summed E-state index contributed by atoms with van der Waals surface area (Å²) in [6.07, 6.45) is 0. The lowest BCUT2D eigenvalue weighted by Gasteiger charge is -2.41. The Morgan fingerprint density at radius 3 is 2.41 bits per heavy atom. The van der Waals surface area contributed by atoms with Gasteiger partial charge in [0.1, 0.15) is 0 Å². The molecule has 0 aliphatic carbocycles. The van der Waals surface area contributed by atoms with Crippen LogP contribution in [0.3, 0.4) is 0 Å². The predicted molar refractivity (Wildman–Crippen MR) is 91.0 cm³/mol. The van der Waals surface area contributed by atoms with Gasteiger partial charge in [-0.1, -0.05) is 29.3 Å². The molecule has 1 aliphatic heterocycles. The van der Waals surface area contributed by atoms with Gasteiger partial charge in [0, 0.05) is 36.0 Å². The van der Waals surface area contributed by atoms with Gasteiger partial charge in [0.15, 0.2) is 0 Å². The number of nitrogens with zero attached hydrogens (tertiary/aromatic N) is 2. The Bertz CT molecular complexity index is 669. The second kappa shape index (κ2) is 6.07. The molecule has 1 fully saturated rings. The lowest BCUT2D eigenvalue weighted by atomic mass is 9.92. The van der Waals surface area contributed by atoms with Gasteiger partial charge in [-0.15, -0.1) is 0 Å². The lowest BCUT2D eigenvalue weighted by Crippen LogP contribution is -2.45. The highest BCUT2D eigenvalue weighted by molar-refractivity contribution is 6.39. The number of aliphatic hydroxyl groups excluding tert-OH is 1. The summed E-state index contributed by atoms with van der Waals surface area (Å²) in [6.45, 7) is 5.72. The molecule has 2 heterocycles. The number of rotatable bonds is 3. The van der Waals surface area contributed by atoms with Crippen LogP contribution in [0.1, 0.15) is 28.4 Å². The Balaban J connectivity index is 1.79. The quantitative estimate of drug-likeness (QED) is 0.916. The first-order valence-corrected chi connectivity index (χ1v) is 8.03. The third kappa shape index (κ3) is 2.69. The zero-order chi connectivity index (χ0) is 15.9. The van der Waals surface area contributed by atoms with Crippen molar-refractivity contribution < 1.29 is 5.11 Å². The highest BCUT2D eigenvalue weighted by Crippen LogP contribution is 2.39. The average molecular weight is 337 g/mol. The molecular formula is C17H18Cl2N2O. The second-order valence-electron chi connectivity index (χ2n) is 5.76. The van der Waals surface area contributed by atoms with Crippen molar-refractivity contribution in [1.29, 1.82) is 0 Å². The first-order valence-electron chi connectivity index (χ1n) is 7.28. The Morgan fingerprint density at radius 1 is 1.23 bits per heavy atom. The van der Waals surface area contributed by atoms with Crippen molar-refractivity contribution in [1.82, 2.24) is 4.98 Å². The fourth-order valence-electron chi connectivity index (χ4n) is 2.98. The number of hydrogen-bond acceptors (Lipinski definition) is 3. The number of anilines is 1. The van der Waals surface area contributed by atoms with Gasteiger partial charge >= 0.3 is 0 Å². The largest absolute Gasteiger partial charge is 0.392 e. The van der Waals surface area contributed by atoms with Gasteiger partial charge in [0.25, 0.3) is 0 Å². The normalized spacial score (nSPS) is 15.0. The predicted octanol–water partition coefficient (Wildman–Crippen LogP) is 4.10. The van der Waals surface area contributed by atoms with E-state index in [1.54, 1.807) is 0 Å². The summed E-state index contributed by atoms with van der Waals surface area (Å²) in [5.74, 6) is 0.373. The standard InChI is InChI=1S/C17H18Cl2N2O/c1-10-6-16(20-11(2)13(10)9-22)12-7-21(8-12)17-14(18)4-3-5-15(17)19/h3-6,12,22H,7-9H2,1-2H3. The SMILES string of the molecule is Cc1cc(C2CN(c3c(Cl)cccc3Cl)C2)nc(C)c1CO. The molecule has 0 saturated carbocycles. The van der Waals surface area contributed by atoms with Crippen LogP contribution in [0.4, 0.5) is 5.69 Å². The van der Waals surface area contributed by atoms with Crippen LogP contribution in [-0.4, -0.2) is 23.2 Å². The van der Waals surface area contributed by atoms with E-state index in [0.29, 0.717) is 16.0 Å². The number of hydrogen-bond donors (Lipinski definition) is 1. The summed E-state index contributed by atoms with van der Waals surface area (Å²) in [5.41, 5.74) is 4.91. The highest BCUT2D eigenvalue weighted by atomic mass is 35.5. The smallest absolute Gasteiger partial charge is 0.0745 e. The van der Waals surface area contributed by atoms with Gasteiger partial charge in [-0.05, 0) is 37.6 Å². The maximum Gasteiger partial charge on any atom is 0.0745 e. The molecule has 1 saturated heterocycles. The molecule has 0 unspecified atom stereocenters. The molecule has 0 amide bonds. The number of aryl methyl sites for hydroxylation is 2. The summed E-state index contributed by atoms with van der Waals surface area (Å²) in [7, 11) is 0. The van der Waals surface area contributed by atoms with Crippen molar-refractivity contribution in [2.24, 2.45) is 0 Å². The molecule has 0 spiro atoms. The molecule has 0 radical (unpaired) electrons. The monoisotopic (exact) mass is 336 g/mol. The Hall–Kier alpha value is -1.29.